The molecule has 0 aliphatic rings. The zero-order valence-electron chi connectivity index (χ0n) is 14.5. The first-order valence-electron chi connectivity index (χ1n) is 6.98. The Morgan fingerprint density at radius 3 is 1.88 bits per heavy atom. The Bertz CT molecular complexity index is 658. The number of methoxy groups -OCH3 is 3. The Morgan fingerprint density at radius 2 is 1.54 bits per heavy atom. The van der Waals surface area contributed by atoms with Gasteiger partial charge in [-0.25, -0.2) is 0 Å². The van der Waals surface area contributed by atoms with Crippen LogP contribution in [-0.2, 0) is 23.8 Å². The van der Waals surface area contributed by atoms with Gasteiger partial charge in [-0.3, -0.25) is 8.98 Å². The van der Waals surface area contributed by atoms with Crippen LogP contribution in [0.25, 0.3) is 0 Å². The molecule has 1 rings (SSSR count). The van der Waals surface area contributed by atoms with Crippen molar-refractivity contribution in [3.8, 4) is 17.2 Å². The van der Waals surface area contributed by atoms with Crippen LogP contribution in [-0.4, -0.2) is 48.1 Å². The molecule has 0 saturated carbocycles. The maximum Gasteiger partial charge on any atom is 0.303 e. The van der Waals surface area contributed by atoms with E-state index < -0.39 is 28.3 Å². The number of ether oxygens (including phenoxy) is 4. The summed E-state index contributed by atoms with van der Waals surface area (Å²) < 4.78 is 48.7. The molecule has 1 aromatic rings. The first kappa shape index (κ1) is 20.0. The van der Waals surface area contributed by atoms with Gasteiger partial charge in [-0.15, -0.1) is 0 Å². The summed E-state index contributed by atoms with van der Waals surface area (Å²) in [7, 11) is 0.608. The second-order valence-corrected chi connectivity index (χ2v) is 6.59. The van der Waals surface area contributed by atoms with Gasteiger partial charge in [-0.1, -0.05) is 0 Å². The zero-order valence-corrected chi connectivity index (χ0v) is 15.3. The first-order valence-corrected chi connectivity index (χ1v) is 8.80. The molecule has 24 heavy (non-hydrogen) atoms. The molecule has 9 heteroatoms. The van der Waals surface area contributed by atoms with E-state index in [4.69, 9.17) is 23.1 Å². The molecular formula is C15H22O8S. The highest BCUT2D eigenvalue weighted by Crippen LogP contribution is 2.41. The number of carbonyl (C=O) groups is 1. The summed E-state index contributed by atoms with van der Waals surface area (Å²) in [6.07, 6.45) is -1.01. The van der Waals surface area contributed by atoms with E-state index in [1.54, 1.807) is 12.1 Å². The quantitative estimate of drug-likeness (QED) is 0.509. The molecular weight excluding hydrogens is 340 g/mol. The number of carbonyl (C=O) groups excluding carboxylic acids is 1. The molecule has 0 heterocycles. The number of benzene rings is 1. The van der Waals surface area contributed by atoms with E-state index in [0.717, 1.165) is 6.26 Å². The standard InChI is InChI=1S/C15H22O8S/c1-9(23-24(6,17)18)14(22-10(2)16)11-7-12(19-3)15(21-5)13(8-11)20-4/h7-9,14H,1-6H3/t9-,14+/m1/s1. The predicted molar refractivity (Wildman–Crippen MR) is 86.0 cm³/mol. The van der Waals surface area contributed by atoms with Gasteiger partial charge in [0, 0.05) is 12.5 Å². The largest absolute Gasteiger partial charge is 0.493 e. The van der Waals surface area contributed by atoms with Gasteiger partial charge >= 0.3 is 5.97 Å². The SMILES string of the molecule is COc1cc([C@@H](OC(C)=O)[C@@H](C)OS(C)(=O)=O)cc(OC)c1OC. The van der Waals surface area contributed by atoms with Crippen molar-refractivity contribution in [2.45, 2.75) is 26.1 Å². The summed E-state index contributed by atoms with van der Waals surface area (Å²) in [4.78, 5) is 11.4. The van der Waals surface area contributed by atoms with Crippen LogP contribution in [0.5, 0.6) is 17.2 Å². The predicted octanol–water partition coefficient (Wildman–Crippen LogP) is 1.68. The number of hydrogen-bond donors (Lipinski definition) is 0. The highest BCUT2D eigenvalue weighted by Gasteiger charge is 2.29. The molecule has 1 aromatic carbocycles. The second-order valence-electron chi connectivity index (χ2n) is 4.99. The first-order chi connectivity index (χ1) is 11.1. The van der Waals surface area contributed by atoms with Gasteiger partial charge in [0.1, 0.15) is 6.10 Å². The summed E-state index contributed by atoms with van der Waals surface area (Å²) in [6, 6.07) is 3.13. The van der Waals surface area contributed by atoms with E-state index in [1.165, 1.54) is 35.2 Å². The van der Waals surface area contributed by atoms with Gasteiger partial charge in [-0.2, -0.15) is 8.42 Å². The minimum absolute atomic E-state index is 0.343. The molecule has 8 nitrogen and oxygen atoms in total. The van der Waals surface area contributed by atoms with Crippen LogP contribution in [0.4, 0.5) is 0 Å². The molecule has 0 radical (unpaired) electrons. The molecule has 0 amide bonds. The van der Waals surface area contributed by atoms with Crippen molar-refractivity contribution in [2.75, 3.05) is 27.6 Å². The summed E-state index contributed by atoms with van der Waals surface area (Å²) in [6.45, 7) is 2.70. The smallest absolute Gasteiger partial charge is 0.303 e. The van der Waals surface area contributed by atoms with Gasteiger partial charge in [0.25, 0.3) is 10.1 Å². The van der Waals surface area contributed by atoms with Crippen molar-refractivity contribution in [1.82, 2.24) is 0 Å². The van der Waals surface area contributed by atoms with Gasteiger partial charge in [0.05, 0.1) is 27.6 Å². The lowest BCUT2D eigenvalue weighted by atomic mass is 10.0. The number of rotatable bonds is 8. The molecule has 0 spiro atoms. The van der Waals surface area contributed by atoms with Crippen LogP contribution in [0, 0.1) is 0 Å². The van der Waals surface area contributed by atoms with E-state index in [0.29, 0.717) is 22.8 Å². The fourth-order valence-corrected chi connectivity index (χ4v) is 2.86. The molecule has 0 unspecified atom stereocenters. The van der Waals surface area contributed by atoms with Crippen molar-refractivity contribution < 1.29 is 36.3 Å². The molecule has 0 aromatic heterocycles. The Hall–Kier alpha value is -2.00. The molecule has 0 aliphatic carbocycles. The van der Waals surface area contributed by atoms with Crippen molar-refractivity contribution in [3.63, 3.8) is 0 Å². The lowest BCUT2D eigenvalue weighted by Gasteiger charge is -2.24. The zero-order chi connectivity index (χ0) is 18.5. The van der Waals surface area contributed by atoms with Crippen molar-refractivity contribution >= 4 is 16.1 Å². The monoisotopic (exact) mass is 362 g/mol. The normalized spacial score (nSPS) is 13.8. The van der Waals surface area contributed by atoms with E-state index in [-0.39, 0.29) is 0 Å². The fourth-order valence-electron chi connectivity index (χ4n) is 2.21. The minimum atomic E-state index is -3.73. The fraction of sp³-hybridized carbons (Fsp3) is 0.533. The summed E-state index contributed by atoms with van der Waals surface area (Å²) in [5, 5.41) is 0. The molecule has 0 fully saturated rings. The van der Waals surface area contributed by atoms with Crippen LogP contribution >= 0.6 is 0 Å². The Balaban J connectivity index is 3.39. The molecule has 2 atom stereocenters. The lowest BCUT2D eigenvalue weighted by Crippen LogP contribution is -2.26. The van der Waals surface area contributed by atoms with Crippen LogP contribution in [0.2, 0.25) is 0 Å². The van der Waals surface area contributed by atoms with Crippen LogP contribution in [0.3, 0.4) is 0 Å². The lowest BCUT2D eigenvalue weighted by molar-refractivity contribution is -0.151. The van der Waals surface area contributed by atoms with Gasteiger partial charge in [-0.05, 0) is 19.1 Å². The van der Waals surface area contributed by atoms with Crippen LogP contribution < -0.4 is 14.2 Å². The molecule has 0 N–H and O–H groups in total. The number of hydrogen-bond acceptors (Lipinski definition) is 8. The average molecular weight is 362 g/mol. The van der Waals surface area contributed by atoms with E-state index >= 15 is 0 Å². The highest BCUT2D eigenvalue weighted by atomic mass is 32.2. The summed E-state index contributed by atoms with van der Waals surface area (Å²) >= 11 is 0. The molecule has 0 aliphatic heterocycles. The third kappa shape index (κ3) is 5.27. The maximum atomic E-state index is 11.4. The van der Waals surface area contributed by atoms with Crippen molar-refractivity contribution in [2.24, 2.45) is 0 Å². The van der Waals surface area contributed by atoms with Gasteiger partial charge < -0.3 is 18.9 Å². The number of esters is 1. The Kier molecular flexibility index (Phi) is 6.85. The van der Waals surface area contributed by atoms with E-state index in [2.05, 4.69) is 0 Å². The summed E-state index contributed by atoms with van der Waals surface area (Å²) in [5.74, 6) is 0.464. The highest BCUT2D eigenvalue weighted by molar-refractivity contribution is 7.86. The Labute approximate surface area is 141 Å². The van der Waals surface area contributed by atoms with Crippen molar-refractivity contribution in [1.29, 1.82) is 0 Å². The van der Waals surface area contributed by atoms with Crippen molar-refractivity contribution in [3.05, 3.63) is 17.7 Å². The van der Waals surface area contributed by atoms with Gasteiger partial charge in [0.15, 0.2) is 17.6 Å². The van der Waals surface area contributed by atoms with Gasteiger partial charge in [0.2, 0.25) is 5.75 Å². The van der Waals surface area contributed by atoms with E-state index in [9.17, 15) is 13.2 Å². The maximum absolute atomic E-state index is 11.4. The Morgan fingerprint density at radius 1 is 1.04 bits per heavy atom. The van der Waals surface area contributed by atoms with Crippen LogP contribution in [0.1, 0.15) is 25.5 Å². The second kappa shape index (κ2) is 8.20. The minimum Gasteiger partial charge on any atom is -0.493 e. The molecule has 0 saturated heterocycles. The summed E-state index contributed by atoms with van der Waals surface area (Å²) in [5.41, 5.74) is 0.441. The van der Waals surface area contributed by atoms with E-state index in [1.807, 2.05) is 0 Å². The van der Waals surface area contributed by atoms with Crippen LogP contribution in [0.15, 0.2) is 12.1 Å². The average Bonchev–Trinajstić information content (AvgIpc) is 2.49. The third-order valence-corrected chi connectivity index (χ3v) is 3.71. The topological polar surface area (TPSA) is 97.4 Å². The third-order valence-electron chi connectivity index (χ3n) is 3.06. The molecule has 0 bridgehead atoms. The molecule has 136 valence electrons.